The van der Waals surface area contributed by atoms with E-state index in [0.29, 0.717) is 17.1 Å². The summed E-state index contributed by atoms with van der Waals surface area (Å²) in [6.07, 6.45) is 1.48. The van der Waals surface area contributed by atoms with Gasteiger partial charge in [-0.25, -0.2) is 0 Å². The van der Waals surface area contributed by atoms with Crippen LogP contribution in [0.25, 0.3) is 0 Å². The molecular formula is C13H13BrO3. The van der Waals surface area contributed by atoms with E-state index in [1.165, 1.54) is 7.11 Å². The number of ether oxygens (including phenoxy) is 2. The summed E-state index contributed by atoms with van der Waals surface area (Å²) < 4.78 is 10.3. The highest BCUT2D eigenvalue weighted by Gasteiger charge is 2.08. The molecule has 4 heteroatoms. The van der Waals surface area contributed by atoms with Crippen molar-refractivity contribution in [1.29, 1.82) is 0 Å². The first-order valence-corrected chi connectivity index (χ1v) is 6.15. The van der Waals surface area contributed by atoms with Crippen LogP contribution >= 0.6 is 15.9 Å². The van der Waals surface area contributed by atoms with Crippen LogP contribution in [0.3, 0.4) is 0 Å². The van der Waals surface area contributed by atoms with E-state index in [2.05, 4.69) is 27.8 Å². The van der Waals surface area contributed by atoms with E-state index in [-0.39, 0.29) is 0 Å². The SMILES string of the molecule is COc1cc(C=O)c(OC)cc1C#CCCBr. The maximum Gasteiger partial charge on any atom is 0.153 e. The zero-order chi connectivity index (χ0) is 12.7. The molecule has 0 radical (unpaired) electrons. The quantitative estimate of drug-likeness (QED) is 0.487. The van der Waals surface area contributed by atoms with Crippen molar-refractivity contribution in [1.82, 2.24) is 0 Å². The minimum atomic E-state index is 0.454. The Morgan fingerprint density at radius 3 is 2.53 bits per heavy atom. The van der Waals surface area contributed by atoms with Crippen LogP contribution in [0.4, 0.5) is 0 Å². The molecule has 0 amide bonds. The van der Waals surface area contributed by atoms with Crippen LogP contribution < -0.4 is 9.47 Å². The minimum Gasteiger partial charge on any atom is -0.496 e. The summed E-state index contributed by atoms with van der Waals surface area (Å²) in [5.74, 6) is 7.07. The van der Waals surface area contributed by atoms with Gasteiger partial charge in [0, 0.05) is 17.8 Å². The number of carbonyl (C=O) groups is 1. The third-order valence-corrected chi connectivity index (χ3v) is 2.52. The van der Waals surface area contributed by atoms with Crippen LogP contribution in [-0.2, 0) is 0 Å². The maximum absolute atomic E-state index is 10.8. The number of hydrogen-bond donors (Lipinski definition) is 0. The second kappa shape index (κ2) is 6.97. The Morgan fingerprint density at radius 2 is 2.00 bits per heavy atom. The van der Waals surface area contributed by atoms with Crippen molar-refractivity contribution in [2.75, 3.05) is 19.5 Å². The number of rotatable bonds is 4. The summed E-state index contributed by atoms with van der Waals surface area (Å²) in [5, 5.41) is 0.825. The third kappa shape index (κ3) is 3.50. The van der Waals surface area contributed by atoms with E-state index < -0.39 is 0 Å². The Labute approximate surface area is 109 Å². The summed E-state index contributed by atoms with van der Waals surface area (Å²) >= 11 is 3.30. The third-order valence-electron chi connectivity index (χ3n) is 2.12. The Kier molecular flexibility index (Phi) is 5.58. The van der Waals surface area contributed by atoms with Gasteiger partial charge in [-0.3, -0.25) is 4.79 Å². The van der Waals surface area contributed by atoms with E-state index in [1.807, 2.05) is 0 Å². The molecule has 90 valence electrons. The number of hydrogen-bond acceptors (Lipinski definition) is 3. The average Bonchev–Trinajstić information content (AvgIpc) is 2.38. The van der Waals surface area contributed by atoms with Gasteiger partial charge in [0.25, 0.3) is 0 Å². The number of benzene rings is 1. The lowest BCUT2D eigenvalue weighted by atomic mass is 10.1. The molecule has 0 unspecified atom stereocenters. The molecule has 17 heavy (non-hydrogen) atoms. The van der Waals surface area contributed by atoms with Crippen molar-refractivity contribution >= 4 is 22.2 Å². The zero-order valence-electron chi connectivity index (χ0n) is 9.75. The molecule has 0 saturated carbocycles. The maximum atomic E-state index is 10.8. The van der Waals surface area contributed by atoms with Crippen molar-refractivity contribution in [3.63, 3.8) is 0 Å². The Hall–Kier alpha value is -1.47. The monoisotopic (exact) mass is 296 g/mol. The molecule has 0 fully saturated rings. The Balaban J connectivity index is 3.20. The van der Waals surface area contributed by atoms with Crippen molar-refractivity contribution in [2.45, 2.75) is 6.42 Å². The van der Waals surface area contributed by atoms with Gasteiger partial charge in [0.05, 0.1) is 25.3 Å². The van der Waals surface area contributed by atoms with Gasteiger partial charge < -0.3 is 9.47 Å². The highest BCUT2D eigenvalue weighted by atomic mass is 79.9. The molecule has 0 aliphatic heterocycles. The summed E-state index contributed by atoms with van der Waals surface area (Å²) in [5.41, 5.74) is 1.17. The predicted octanol–water partition coefficient (Wildman–Crippen LogP) is 2.65. The van der Waals surface area contributed by atoms with Crippen molar-refractivity contribution in [2.24, 2.45) is 0 Å². The molecule has 0 aliphatic rings. The minimum absolute atomic E-state index is 0.454. The van der Waals surface area contributed by atoms with Gasteiger partial charge in [-0.2, -0.15) is 0 Å². The number of aldehydes is 1. The largest absolute Gasteiger partial charge is 0.496 e. The van der Waals surface area contributed by atoms with Crippen LogP contribution in [0.15, 0.2) is 12.1 Å². The number of carbonyl (C=O) groups excluding carboxylic acids is 1. The van der Waals surface area contributed by atoms with E-state index in [9.17, 15) is 4.79 Å². The molecule has 0 aliphatic carbocycles. The van der Waals surface area contributed by atoms with E-state index in [4.69, 9.17) is 9.47 Å². The second-order valence-corrected chi connectivity index (χ2v) is 3.95. The number of halogens is 1. The second-order valence-electron chi connectivity index (χ2n) is 3.15. The first-order chi connectivity index (χ1) is 8.26. The fourth-order valence-electron chi connectivity index (χ4n) is 1.32. The molecule has 3 nitrogen and oxygen atoms in total. The summed E-state index contributed by atoms with van der Waals surface area (Å²) in [6, 6.07) is 3.34. The standard InChI is InChI=1S/C13H13BrO3/c1-16-12-8-11(9-15)13(17-2)7-10(12)5-3-4-6-14/h7-9H,4,6H2,1-2H3. The zero-order valence-corrected chi connectivity index (χ0v) is 11.3. The molecular weight excluding hydrogens is 284 g/mol. The van der Waals surface area contributed by atoms with Crippen LogP contribution in [-0.4, -0.2) is 25.8 Å². The van der Waals surface area contributed by atoms with Gasteiger partial charge in [-0.15, -0.1) is 0 Å². The van der Waals surface area contributed by atoms with Gasteiger partial charge in [0.1, 0.15) is 11.5 Å². The summed E-state index contributed by atoms with van der Waals surface area (Å²) in [6.45, 7) is 0. The molecule has 1 aromatic carbocycles. The summed E-state index contributed by atoms with van der Waals surface area (Å²) in [4.78, 5) is 10.8. The van der Waals surface area contributed by atoms with Crippen molar-refractivity contribution < 1.29 is 14.3 Å². The predicted molar refractivity (Wildman–Crippen MR) is 70.2 cm³/mol. The van der Waals surface area contributed by atoms with Gasteiger partial charge >= 0.3 is 0 Å². The highest BCUT2D eigenvalue weighted by Crippen LogP contribution is 2.27. The Bertz CT molecular complexity index is 458. The van der Waals surface area contributed by atoms with Crippen LogP contribution in [0.2, 0.25) is 0 Å². The molecule has 0 bridgehead atoms. The summed E-state index contributed by atoms with van der Waals surface area (Å²) in [7, 11) is 3.07. The van der Waals surface area contributed by atoms with Gasteiger partial charge in [-0.05, 0) is 6.07 Å². The van der Waals surface area contributed by atoms with Gasteiger partial charge in [-0.1, -0.05) is 27.8 Å². The molecule has 0 N–H and O–H groups in total. The molecule has 0 atom stereocenters. The highest BCUT2D eigenvalue weighted by molar-refractivity contribution is 9.09. The van der Waals surface area contributed by atoms with E-state index in [1.54, 1.807) is 19.2 Å². The molecule has 0 aromatic heterocycles. The lowest BCUT2D eigenvalue weighted by Gasteiger charge is -2.08. The van der Waals surface area contributed by atoms with Crippen LogP contribution in [0, 0.1) is 11.8 Å². The first kappa shape index (κ1) is 13.6. The number of alkyl halides is 1. The van der Waals surface area contributed by atoms with E-state index >= 15 is 0 Å². The smallest absolute Gasteiger partial charge is 0.153 e. The van der Waals surface area contributed by atoms with Crippen LogP contribution in [0.1, 0.15) is 22.3 Å². The van der Waals surface area contributed by atoms with E-state index in [0.717, 1.165) is 23.6 Å². The molecule has 0 heterocycles. The first-order valence-electron chi connectivity index (χ1n) is 5.02. The molecule has 1 rings (SSSR count). The number of methoxy groups -OCH3 is 2. The van der Waals surface area contributed by atoms with Gasteiger partial charge in [0.15, 0.2) is 6.29 Å². The lowest BCUT2D eigenvalue weighted by Crippen LogP contribution is -1.95. The molecule has 0 spiro atoms. The topological polar surface area (TPSA) is 35.5 Å². The molecule has 0 saturated heterocycles. The normalized spacial score (nSPS) is 9.12. The van der Waals surface area contributed by atoms with Crippen molar-refractivity contribution in [3.05, 3.63) is 23.3 Å². The van der Waals surface area contributed by atoms with Crippen LogP contribution in [0.5, 0.6) is 11.5 Å². The van der Waals surface area contributed by atoms with Gasteiger partial charge in [0.2, 0.25) is 0 Å². The average molecular weight is 297 g/mol. The fourth-order valence-corrected chi connectivity index (χ4v) is 1.51. The molecule has 1 aromatic rings. The van der Waals surface area contributed by atoms with Crippen molar-refractivity contribution in [3.8, 4) is 23.3 Å². The fraction of sp³-hybridized carbons (Fsp3) is 0.308. The Morgan fingerprint density at radius 1 is 1.29 bits per heavy atom. The lowest BCUT2D eigenvalue weighted by molar-refractivity contribution is 0.112.